The second-order valence-electron chi connectivity index (χ2n) is 7.00. The van der Waals surface area contributed by atoms with E-state index in [4.69, 9.17) is 0 Å². The number of benzene rings is 3. The van der Waals surface area contributed by atoms with Crippen LogP contribution in [-0.2, 0) is 9.59 Å². The van der Waals surface area contributed by atoms with Crippen LogP contribution in [0.4, 0.5) is 10.1 Å². The molecule has 1 aliphatic rings. The molecule has 1 fully saturated rings. The first kappa shape index (κ1) is 18.7. The van der Waals surface area contributed by atoms with Gasteiger partial charge < -0.3 is 0 Å². The highest BCUT2D eigenvalue weighted by Gasteiger charge is 2.53. The molecule has 2 unspecified atom stereocenters. The molecule has 4 rings (SSSR count). The van der Waals surface area contributed by atoms with Crippen molar-refractivity contribution in [3.8, 4) is 0 Å². The van der Waals surface area contributed by atoms with E-state index in [0.29, 0.717) is 11.3 Å². The van der Waals surface area contributed by atoms with Crippen LogP contribution in [0.3, 0.4) is 0 Å². The number of para-hydroxylation sites is 1. The van der Waals surface area contributed by atoms with Crippen LogP contribution in [0.25, 0.3) is 0 Å². The molecule has 0 spiro atoms. The number of rotatable bonds is 4. The maximum absolute atomic E-state index is 14.8. The maximum Gasteiger partial charge on any atom is 0.295 e. The van der Waals surface area contributed by atoms with Crippen molar-refractivity contribution in [1.29, 1.82) is 0 Å². The molecular weight excluding hydrogens is 369 g/mol. The molecule has 0 bridgehead atoms. The van der Waals surface area contributed by atoms with Crippen LogP contribution in [0.2, 0.25) is 0 Å². The summed E-state index contributed by atoms with van der Waals surface area (Å²) in [5, 5.41) is 0. The monoisotopic (exact) mass is 387 g/mol. The molecule has 3 aromatic carbocycles. The molecule has 144 valence electrons. The Kier molecular flexibility index (Phi) is 4.80. The van der Waals surface area contributed by atoms with Gasteiger partial charge in [0.05, 0.1) is 6.04 Å². The van der Waals surface area contributed by atoms with Gasteiger partial charge in [0.1, 0.15) is 11.7 Å². The van der Waals surface area contributed by atoms with Crippen molar-refractivity contribution in [1.82, 2.24) is 0 Å². The van der Waals surface area contributed by atoms with Gasteiger partial charge in [0.2, 0.25) is 5.78 Å². The maximum atomic E-state index is 14.8. The van der Waals surface area contributed by atoms with Crippen LogP contribution in [-0.4, -0.2) is 17.5 Å². The second-order valence-corrected chi connectivity index (χ2v) is 7.00. The van der Waals surface area contributed by atoms with E-state index in [9.17, 15) is 18.8 Å². The minimum atomic E-state index is -1.32. The molecular formula is C24H18FNO3. The van der Waals surface area contributed by atoms with E-state index in [1.807, 2.05) is 6.07 Å². The molecule has 3 aromatic rings. The highest BCUT2D eigenvalue weighted by atomic mass is 19.1. The number of hydrogen-bond acceptors (Lipinski definition) is 3. The fraction of sp³-hybridized carbons (Fsp3) is 0.125. The van der Waals surface area contributed by atoms with Gasteiger partial charge in [-0.05, 0) is 24.6 Å². The third-order valence-corrected chi connectivity index (χ3v) is 5.25. The van der Waals surface area contributed by atoms with Gasteiger partial charge in [0.25, 0.3) is 5.91 Å². The number of nitrogens with zero attached hydrogens (tertiary/aromatic N) is 1. The highest BCUT2D eigenvalue weighted by molar-refractivity contribution is 6.49. The van der Waals surface area contributed by atoms with Crippen molar-refractivity contribution in [2.75, 3.05) is 4.90 Å². The number of halogens is 1. The lowest BCUT2D eigenvalue weighted by Crippen LogP contribution is -2.31. The SMILES string of the molecule is Cc1ccccc1N1C(=O)C(=O)C(C(=O)c2ccccc2)C1c1ccccc1F. The summed E-state index contributed by atoms with van der Waals surface area (Å²) >= 11 is 0. The van der Waals surface area contributed by atoms with Gasteiger partial charge in [0, 0.05) is 16.8 Å². The predicted octanol–water partition coefficient (Wildman–Crippen LogP) is 4.29. The molecule has 1 saturated heterocycles. The quantitative estimate of drug-likeness (QED) is 0.381. The van der Waals surface area contributed by atoms with Gasteiger partial charge in [-0.15, -0.1) is 0 Å². The Labute approximate surface area is 167 Å². The summed E-state index contributed by atoms with van der Waals surface area (Å²) in [6, 6.07) is 20.3. The number of Topliss-reactive ketones (excluding diaryl/α,β-unsaturated/α-hetero) is 2. The van der Waals surface area contributed by atoms with Crippen LogP contribution >= 0.6 is 0 Å². The van der Waals surface area contributed by atoms with Gasteiger partial charge in [-0.1, -0.05) is 66.7 Å². The third-order valence-electron chi connectivity index (χ3n) is 5.25. The fourth-order valence-electron chi connectivity index (χ4n) is 3.84. The van der Waals surface area contributed by atoms with Crippen LogP contribution in [0.5, 0.6) is 0 Å². The average molecular weight is 387 g/mol. The molecule has 29 heavy (non-hydrogen) atoms. The molecule has 1 amide bonds. The third kappa shape index (κ3) is 3.14. The average Bonchev–Trinajstić information content (AvgIpc) is 2.99. The minimum Gasteiger partial charge on any atom is -0.297 e. The normalized spacial score (nSPS) is 18.9. The zero-order valence-corrected chi connectivity index (χ0v) is 15.7. The summed E-state index contributed by atoms with van der Waals surface area (Å²) in [5.41, 5.74) is 1.70. The van der Waals surface area contributed by atoms with Crippen molar-refractivity contribution in [3.05, 3.63) is 101 Å². The Bertz CT molecular complexity index is 1110. The Hall–Kier alpha value is -3.60. The molecule has 0 aliphatic carbocycles. The van der Waals surface area contributed by atoms with Crippen molar-refractivity contribution in [3.63, 3.8) is 0 Å². The lowest BCUT2D eigenvalue weighted by Gasteiger charge is -2.28. The van der Waals surface area contributed by atoms with E-state index >= 15 is 0 Å². The van der Waals surface area contributed by atoms with Gasteiger partial charge in [-0.2, -0.15) is 0 Å². The first-order valence-corrected chi connectivity index (χ1v) is 9.27. The second kappa shape index (κ2) is 7.43. The Morgan fingerprint density at radius 3 is 2.17 bits per heavy atom. The predicted molar refractivity (Wildman–Crippen MR) is 107 cm³/mol. The van der Waals surface area contributed by atoms with E-state index in [0.717, 1.165) is 5.56 Å². The first-order valence-electron chi connectivity index (χ1n) is 9.27. The molecule has 1 aliphatic heterocycles. The lowest BCUT2D eigenvalue weighted by atomic mass is 9.86. The molecule has 0 saturated carbocycles. The summed E-state index contributed by atoms with van der Waals surface area (Å²) < 4.78 is 14.8. The zero-order valence-electron chi connectivity index (χ0n) is 15.7. The Balaban J connectivity index is 1.91. The molecule has 0 radical (unpaired) electrons. The van der Waals surface area contributed by atoms with E-state index < -0.39 is 35.3 Å². The first-order chi connectivity index (χ1) is 14.0. The van der Waals surface area contributed by atoms with E-state index in [-0.39, 0.29) is 5.56 Å². The summed E-state index contributed by atoms with van der Waals surface area (Å²) in [5.74, 6) is -4.00. The van der Waals surface area contributed by atoms with Gasteiger partial charge in [-0.25, -0.2) is 4.39 Å². The van der Waals surface area contributed by atoms with Gasteiger partial charge in [-0.3, -0.25) is 19.3 Å². The topological polar surface area (TPSA) is 54.5 Å². The van der Waals surface area contributed by atoms with Crippen LogP contribution < -0.4 is 4.90 Å². The van der Waals surface area contributed by atoms with E-state index in [1.54, 1.807) is 61.5 Å². The molecule has 1 heterocycles. The van der Waals surface area contributed by atoms with Crippen molar-refractivity contribution < 1.29 is 18.8 Å². The standard InChI is InChI=1S/C24H18FNO3/c1-15-9-5-8-14-19(15)26-21(17-12-6-7-13-18(17)25)20(23(28)24(26)29)22(27)16-10-3-2-4-11-16/h2-14,20-21H,1H3. The molecule has 2 atom stereocenters. The van der Waals surface area contributed by atoms with Crippen LogP contribution in [0.1, 0.15) is 27.5 Å². The zero-order chi connectivity index (χ0) is 20.5. The number of carbonyl (C=O) groups is 3. The highest BCUT2D eigenvalue weighted by Crippen LogP contribution is 2.42. The summed E-state index contributed by atoms with van der Waals surface area (Å²) in [6.07, 6.45) is 0. The van der Waals surface area contributed by atoms with Crippen LogP contribution in [0.15, 0.2) is 78.9 Å². The molecule has 4 nitrogen and oxygen atoms in total. The van der Waals surface area contributed by atoms with Gasteiger partial charge >= 0.3 is 0 Å². The number of anilines is 1. The van der Waals surface area contributed by atoms with E-state index in [2.05, 4.69) is 0 Å². The van der Waals surface area contributed by atoms with Crippen LogP contribution in [0, 0.1) is 18.7 Å². The van der Waals surface area contributed by atoms with E-state index in [1.165, 1.54) is 23.1 Å². The molecule has 5 heteroatoms. The van der Waals surface area contributed by atoms with Crippen molar-refractivity contribution in [2.24, 2.45) is 5.92 Å². The van der Waals surface area contributed by atoms with Crippen molar-refractivity contribution >= 4 is 23.2 Å². The fourth-order valence-corrected chi connectivity index (χ4v) is 3.84. The number of ketones is 2. The Morgan fingerprint density at radius 2 is 1.48 bits per heavy atom. The Morgan fingerprint density at radius 1 is 0.862 bits per heavy atom. The molecule has 0 aromatic heterocycles. The summed E-state index contributed by atoms with van der Waals surface area (Å²) in [7, 11) is 0. The van der Waals surface area contributed by atoms with Gasteiger partial charge in [0.15, 0.2) is 5.78 Å². The summed E-state index contributed by atoms with van der Waals surface area (Å²) in [6.45, 7) is 1.80. The number of amides is 1. The van der Waals surface area contributed by atoms with Crippen molar-refractivity contribution in [2.45, 2.75) is 13.0 Å². The lowest BCUT2D eigenvalue weighted by molar-refractivity contribution is -0.135. The number of carbonyl (C=O) groups excluding carboxylic acids is 3. The summed E-state index contributed by atoms with van der Waals surface area (Å²) in [4.78, 5) is 40.5. The largest absolute Gasteiger partial charge is 0.297 e. The minimum absolute atomic E-state index is 0.143. The molecule has 0 N–H and O–H groups in total. The number of aryl methyl sites for hydroxylation is 1. The number of hydrogen-bond donors (Lipinski definition) is 0. The smallest absolute Gasteiger partial charge is 0.295 e.